The molecule has 3 aliphatic heterocycles. The van der Waals surface area contributed by atoms with Crippen molar-refractivity contribution in [3.05, 3.63) is 46.8 Å². The fraction of sp³-hybridized carbons (Fsp3) is 0.500. The zero-order valence-electron chi connectivity index (χ0n) is 22.1. The lowest BCUT2D eigenvalue weighted by molar-refractivity contribution is -0.114. The average molecular weight is 490 g/mol. The molecule has 8 heteroatoms. The molecule has 0 N–H and O–H groups in total. The van der Waals surface area contributed by atoms with E-state index in [1.807, 2.05) is 30.9 Å². The number of nitrogens with zero attached hydrogens (tertiary/aromatic N) is 5. The van der Waals surface area contributed by atoms with Gasteiger partial charge in [0.2, 0.25) is 5.95 Å². The number of ketones is 1. The van der Waals surface area contributed by atoms with Crippen molar-refractivity contribution in [2.75, 3.05) is 49.6 Å². The summed E-state index contributed by atoms with van der Waals surface area (Å²) in [5, 5.41) is 0. The highest BCUT2D eigenvalue weighted by atomic mass is 16.5. The van der Waals surface area contributed by atoms with E-state index in [1.165, 1.54) is 6.08 Å². The molecule has 0 bridgehead atoms. The van der Waals surface area contributed by atoms with E-state index in [0.29, 0.717) is 29.4 Å². The SMILES string of the molecule is CCOc1cc2c3c(c1)C(C)CC(C)(C)N3C(=O)/C2=C/C(=O)c1cnc(N2CCN(C)CC2)nc1C. The largest absolute Gasteiger partial charge is 0.494 e. The van der Waals surface area contributed by atoms with Crippen molar-refractivity contribution in [1.29, 1.82) is 0 Å². The van der Waals surface area contributed by atoms with Gasteiger partial charge in [0.25, 0.3) is 5.91 Å². The van der Waals surface area contributed by atoms with Gasteiger partial charge in [0.1, 0.15) is 5.75 Å². The number of benzene rings is 1. The highest BCUT2D eigenvalue weighted by Gasteiger charge is 2.47. The Kier molecular flexibility index (Phi) is 6.11. The van der Waals surface area contributed by atoms with Crippen LogP contribution in [-0.4, -0.2) is 71.9 Å². The summed E-state index contributed by atoms with van der Waals surface area (Å²) in [7, 11) is 2.10. The molecule has 0 spiro atoms. The lowest BCUT2D eigenvalue weighted by atomic mass is 9.80. The fourth-order valence-electron chi connectivity index (χ4n) is 5.78. The third-order valence-electron chi connectivity index (χ3n) is 7.61. The predicted molar refractivity (Wildman–Crippen MR) is 141 cm³/mol. The first kappa shape index (κ1) is 24.4. The van der Waals surface area contributed by atoms with Gasteiger partial charge in [-0.2, -0.15) is 0 Å². The van der Waals surface area contributed by atoms with Crippen LogP contribution in [0.5, 0.6) is 5.75 Å². The second-order valence-electron chi connectivity index (χ2n) is 10.8. The van der Waals surface area contributed by atoms with Crippen LogP contribution in [0.4, 0.5) is 11.6 Å². The molecule has 3 aliphatic rings. The zero-order chi connectivity index (χ0) is 25.8. The van der Waals surface area contributed by atoms with Gasteiger partial charge in [-0.15, -0.1) is 0 Å². The Bertz CT molecular complexity index is 1260. The Labute approximate surface area is 213 Å². The summed E-state index contributed by atoms with van der Waals surface area (Å²) < 4.78 is 5.83. The number of amides is 1. The molecule has 1 amide bonds. The molecule has 1 unspecified atom stereocenters. The van der Waals surface area contributed by atoms with E-state index in [-0.39, 0.29) is 23.1 Å². The smallest absolute Gasteiger partial charge is 0.259 e. The molecule has 1 atom stereocenters. The number of likely N-dealkylation sites (N-methyl/N-ethyl adjacent to an activating group) is 1. The highest BCUT2D eigenvalue weighted by molar-refractivity contribution is 6.36. The standard InChI is InChI=1S/C28H35N5O3/c1-7-36-19-12-20-17(2)15-28(4,5)33-25(20)21(13-19)22(26(33)35)14-24(34)23-16-29-27(30-18(23)3)32-10-8-31(6)9-11-32/h12-14,16-17H,7-11,15H2,1-6H3/b22-14+. The number of aromatic nitrogens is 2. The first-order valence-electron chi connectivity index (χ1n) is 12.8. The molecule has 5 rings (SSSR count). The molecular weight excluding hydrogens is 454 g/mol. The van der Waals surface area contributed by atoms with Crippen molar-refractivity contribution in [2.24, 2.45) is 0 Å². The average Bonchev–Trinajstić information content (AvgIpc) is 3.10. The molecule has 0 saturated carbocycles. The number of hydrogen-bond donors (Lipinski definition) is 0. The number of carbonyl (C=O) groups excluding carboxylic acids is 2. The molecule has 0 radical (unpaired) electrons. The van der Waals surface area contributed by atoms with E-state index in [0.717, 1.165) is 55.2 Å². The molecule has 4 heterocycles. The van der Waals surface area contributed by atoms with Gasteiger partial charge in [-0.1, -0.05) is 6.92 Å². The van der Waals surface area contributed by atoms with Crippen LogP contribution in [0.3, 0.4) is 0 Å². The molecular formula is C28H35N5O3. The quantitative estimate of drug-likeness (QED) is 0.466. The van der Waals surface area contributed by atoms with Crippen LogP contribution >= 0.6 is 0 Å². The number of allylic oxidation sites excluding steroid dienone is 1. The maximum Gasteiger partial charge on any atom is 0.259 e. The Balaban J connectivity index is 1.52. The van der Waals surface area contributed by atoms with Crippen LogP contribution < -0.4 is 14.5 Å². The van der Waals surface area contributed by atoms with Gasteiger partial charge in [0.05, 0.1) is 29.1 Å². The van der Waals surface area contributed by atoms with Crippen LogP contribution in [0.2, 0.25) is 0 Å². The van der Waals surface area contributed by atoms with E-state index in [4.69, 9.17) is 4.74 Å². The minimum absolute atomic E-state index is 0.141. The van der Waals surface area contributed by atoms with E-state index >= 15 is 0 Å². The Hall–Kier alpha value is -3.26. The number of rotatable bonds is 5. The predicted octanol–water partition coefficient (Wildman–Crippen LogP) is 3.83. The molecule has 0 aliphatic carbocycles. The number of aryl methyl sites for hydroxylation is 1. The zero-order valence-corrected chi connectivity index (χ0v) is 22.1. The minimum atomic E-state index is -0.354. The Morgan fingerprint density at radius 2 is 1.94 bits per heavy atom. The molecule has 8 nitrogen and oxygen atoms in total. The van der Waals surface area contributed by atoms with E-state index in [9.17, 15) is 9.59 Å². The van der Waals surface area contributed by atoms with Crippen LogP contribution in [0.25, 0.3) is 5.57 Å². The van der Waals surface area contributed by atoms with Crippen LogP contribution in [0.15, 0.2) is 24.4 Å². The monoisotopic (exact) mass is 489 g/mol. The van der Waals surface area contributed by atoms with Gasteiger partial charge in [0.15, 0.2) is 5.78 Å². The van der Waals surface area contributed by atoms with Crippen LogP contribution in [0, 0.1) is 6.92 Å². The molecule has 1 fully saturated rings. The van der Waals surface area contributed by atoms with Crippen molar-refractivity contribution in [3.63, 3.8) is 0 Å². The molecule has 1 saturated heterocycles. The molecule has 1 aromatic heterocycles. The number of ether oxygens (including phenoxy) is 1. The van der Waals surface area contributed by atoms with Gasteiger partial charge in [-0.05, 0) is 70.9 Å². The summed E-state index contributed by atoms with van der Waals surface area (Å²) in [4.78, 5) is 42.6. The van der Waals surface area contributed by atoms with E-state index in [1.54, 1.807) is 6.20 Å². The van der Waals surface area contributed by atoms with Gasteiger partial charge >= 0.3 is 0 Å². The molecule has 36 heavy (non-hydrogen) atoms. The fourth-order valence-corrected chi connectivity index (χ4v) is 5.78. The molecule has 190 valence electrons. The summed E-state index contributed by atoms with van der Waals surface area (Å²) >= 11 is 0. The number of carbonyl (C=O) groups is 2. The van der Waals surface area contributed by atoms with Crippen molar-refractivity contribution < 1.29 is 14.3 Å². The minimum Gasteiger partial charge on any atom is -0.494 e. The van der Waals surface area contributed by atoms with Gasteiger partial charge in [-0.25, -0.2) is 9.97 Å². The first-order valence-corrected chi connectivity index (χ1v) is 12.8. The second kappa shape index (κ2) is 9.00. The summed E-state index contributed by atoms with van der Waals surface area (Å²) in [6, 6.07) is 3.94. The van der Waals surface area contributed by atoms with Crippen molar-refractivity contribution in [3.8, 4) is 5.75 Å². The van der Waals surface area contributed by atoms with E-state index < -0.39 is 0 Å². The molecule has 1 aromatic carbocycles. The van der Waals surface area contributed by atoms with Crippen molar-refractivity contribution in [2.45, 2.75) is 52.5 Å². The number of piperazine rings is 1. The number of hydrogen-bond acceptors (Lipinski definition) is 7. The number of anilines is 2. The lowest BCUT2D eigenvalue weighted by Gasteiger charge is -2.43. The summed E-state index contributed by atoms with van der Waals surface area (Å²) in [6.45, 7) is 14.3. The summed E-state index contributed by atoms with van der Waals surface area (Å²) in [5.74, 6) is 1.23. The van der Waals surface area contributed by atoms with Crippen LogP contribution in [-0.2, 0) is 4.79 Å². The maximum atomic E-state index is 13.7. The lowest BCUT2D eigenvalue weighted by Crippen LogP contribution is -2.49. The Morgan fingerprint density at radius 1 is 1.22 bits per heavy atom. The topological polar surface area (TPSA) is 78.9 Å². The van der Waals surface area contributed by atoms with Crippen molar-refractivity contribution in [1.82, 2.24) is 14.9 Å². The third kappa shape index (κ3) is 4.07. The normalized spacial score (nSPS) is 22.2. The Morgan fingerprint density at radius 3 is 2.61 bits per heavy atom. The van der Waals surface area contributed by atoms with Crippen molar-refractivity contribution >= 4 is 28.9 Å². The van der Waals surface area contributed by atoms with E-state index in [2.05, 4.69) is 47.6 Å². The van der Waals surface area contributed by atoms with Crippen LogP contribution in [0.1, 0.15) is 67.2 Å². The summed E-state index contributed by atoms with van der Waals surface area (Å²) in [6.07, 6.45) is 3.90. The second-order valence-corrected chi connectivity index (χ2v) is 10.8. The first-order chi connectivity index (χ1) is 17.1. The maximum absolute atomic E-state index is 13.7. The highest BCUT2D eigenvalue weighted by Crippen LogP contribution is 2.53. The molecule has 2 aromatic rings. The van der Waals surface area contributed by atoms with Gasteiger partial charge < -0.3 is 19.4 Å². The van der Waals surface area contributed by atoms with Gasteiger partial charge in [0, 0.05) is 43.5 Å². The third-order valence-corrected chi connectivity index (χ3v) is 7.61. The summed E-state index contributed by atoms with van der Waals surface area (Å²) in [5.41, 5.74) is 3.85. The van der Waals surface area contributed by atoms with Gasteiger partial charge in [-0.3, -0.25) is 9.59 Å².